The molecule has 3 heteroatoms. The van der Waals surface area contributed by atoms with E-state index in [0.29, 0.717) is 0 Å². The van der Waals surface area contributed by atoms with Crippen LogP contribution in [0.3, 0.4) is 0 Å². The lowest BCUT2D eigenvalue weighted by molar-refractivity contribution is 0.412. The van der Waals surface area contributed by atoms with Gasteiger partial charge in [0.15, 0.2) is 0 Å². The van der Waals surface area contributed by atoms with Gasteiger partial charge in [-0.05, 0) is 30.2 Å². The molecule has 3 nitrogen and oxygen atoms in total. The Morgan fingerprint density at radius 3 is 2.60 bits per heavy atom. The molecule has 0 radical (unpaired) electrons. The van der Waals surface area contributed by atoms with Crippen molar-refractivity contribution in [1.82, 2.24) is 9.78 Å². The number of benzene rings is 1. The average molecular weight is 202 g/mol. The highest BCUT2D eigenvalue weighted by Gasteiger charge is 2.03. The highest BCUT2D eigenvalue weighted by Crippen LogP contribution is 2.25. The molecule has 0 fully saturated rings. The van der Waals surface area contributed by atoms with Crippen molar-refractivity contribution in [3.05, 3.63) is 36.2 Å². The van der Waals surface area contributed by atoms with Gasteiger partial charge < -0.3 is 4.74 Å². The molecule has 1 heterocycles. The zero-order valence-corrected chi connectivity index (χ0v) is 9.19. The van der Waals surface area contributed by atoms with Gasteiger partial charge in [0.1, 0.15) is 5.75 Å². The van der Waals surface area contributed by atoms with E-state index >= 15 is 0 Å². The lowest BCUT2D eigenvalue weighted by Crippen LogP contribution is -1.87. The summed E-state index contributed by atoms with van der Waals surface area (Å²) in [6.45, 7) is 2.04. The highest BCUT2D eigenvalue weighted by molar-refractivity contribution is 5.64. The van der Waals surface area contributed by atoms with Crippen molar-refractivity contribution in [2.45, 2.75) is 6.92 Å². The van der Waals surface area contributed by atoms with Crippen LogP contribution in [0.15, 0.2) is 30.6 Å². The molecule has 0 atom stereocenters. The highest BCUT2D eigenvalue weighted by atomic mass is 16.5. The predicted molar refractivity (Wildman–Crippen MR) is 59.9 cm³/mol. The van der Waals surface area contributed by atoms with Crippen molar-refractivity contribution in [3.63, 3.8) is 0 Å². The third-order valence-corrected chi connectivity index (χ3v) is 2.43. The van der Waals surface area contributed by atoms with E-state index in [-0.39, 0.29) is 0 Å². The van der Waals surface area contributed by atoms with Gasteiger partial charge >= 0.3 is 0 Å². The van der Waals surface area contributed by atoms with Crippen LogP contribution in [-0.4, -0.2) is 16.9 Å². The summed E-state index contributed by atoms with van der Waals surface area (Å²) in [4.78, 5) is 0. The number of hydrogen-bond acceptors (Lipinski definition) is 2. The molecule has 1 aromatic carbocycles. The summed E-state index contributed by atoms with van der Waals surface area (Å²) < 4.78 is 7.02. The van der Waals surface area contributed by atoms with Gasteiger partial charge in [0, 0.05) is 18.8 Å². The molecule has 0 aliphatic carbocycles. The van der Waals surface area contributed by atoms with E-state index in [1.165, 1.54) is 5.56 Å². The topological polar surface area (TPSA) is 27.1 Å². The zero-order valence-electron chi connectivity index (χ0n) is 9.19. The molecule has 0 N–H and O–H groups in total. The lowest BCUT2D eigenvalue weighted by Gasteiger charge is -2.05. The van der Waals surface area contributed by atoms with Gasteiger partial charge in [0.2, 0.25) is 0 Å². The molecule has 1 aromatic heterocycles. The molecule has 0 bridgehead atoms. The third kappa shape index (κ3) is 1.86. The summed E-state index contributed by atoms with van der Waals surface area (Å²) >= 11 is 0. The smallest absolute Gasteiger partial charge is 0.121 e. The van der Waals surface area contributed by atoms with E-state index in [1.54, 1.807) is 11.8 Å². The van der Waals surface area contributed by atoms with Crippen LogP contribution in [0.25, 0.3) is 11.1 Å². The number of hydrogen-bond donors (Lipinski definition) is 0. The number of ether oxygens (including phenoxy) is 1. The van der Waals surface area contributed by atoms with Crippen molar-refractivity contribution in [1.29, 1.82) is 0 Å². The average Bonchev–Trinajstić information content (AvgIpc) is 2.65. The third-order valence-electron chi connectivity index (χ3n) is 2.43. The molecule has 0 spiro atoms. The number of aryl methyl sites for hydroxylation is 2. The Hall–Kier alpha value is -1.77. The Morgan fingerprint density at radius 2 is 2.07 bits per heavy atom. The number of nitrogens with zero attached hydrogens (tertiary/aromatic N) is 2. The Kier molecular flexibility index (Phi) is 2.46. The van der Waals surface area contributed by atoms with Crippen molar-refractivity contribution in [3.8, 4) is 16.9 Å². The Morgan fingerprint density at radius 1 is 1.27 bits per heavy atom. The van der Waals surface area contributed by atoms with Crippen LogP contribution in [0.4, 0.5) is 0 Å². The monoisotopic (exact) mass is 202 g/mol. The molecular formula is C12H14N2O. The predicted octanol–water partition coefficient (Wildman–Crippen LogP) is 2.40. The Bertz CT molecular complexity index is 474. The Balaban J connectivity index is 2.42. The van der Waals surface area contributed by atoms with Crippen LogP contribution >= 0.6 is 0 Å². The van der Waals surface area contributed by atoms with E-state index in [4.69, 9.17) is 4.74 Å². The fraction of sp³-hybridized carbons (Fsp3) is 0.250. The lowest BCUT2D eigenvalue weighted by atomic mass is 10.1. The minimum absolute atomic E-state index is 0.919. The molecule has 15 heavy (non-hydrogen) atoms. The first kappa shape index (κ1) is 9.77. The first-order valence-electron chi connectivity index (χ1n) is 4.84. The fourth-order valence-corrected chi connectivity index (χ4v) is 1.63. The Labute approximate surface area is 89.3 Å². The second-order valence-electron chi connectivity index (χ2n) is 3.59. The maximum atomic E-state index is 5.22. The maximum Gasteiger partial charge on any atom is 0.121 e. The van der Waals surface area contributed by atoms with E-state index in [0.717, 1.165) is 16.9 Å². The summed E-state index contributed by atoms with van der Waals surface area (Å²) in [6.07, 6.45) is 3.86. The van der Waals surface area contributed by atoms with Crippen LogP contribution in [0.2, 0.25) is 0 Å². The van der Waals surface area contributed by atoms with Gasteiger partial charge in [-0.25, -0.2) is 0 Å². The maximum absolute atomic E-state index is 5.22. The van der Waals surface area contributed by atoms with Gasteiger partial charge in [-0.15, -0.1) is 0 Å². The van der Waals surface area contributed by atoms with Crippen LogP contribution in [0.5, 0.6) is 5.75 Å². The molecule has 0 aliphatic rings. The quantitative estimate of drug-likeness (QED) is 0.747. The van der Waals surface area contributed by atoms with Crippen molar-refractivity contribution < 1.29 is 4.74 Å². The molecule has 2 rings (SSSR count). The van der Waals surface area contributed by atoms with Gasteiger partial charge in [-0.1, -0.05) is 6.07 Å². The summed E-state index contributed by atoms with van der Waals surface area (Å²) in [5.74, 6) is 0.919. The second kappa shape index (κ2) is 3.77. The van der Waals surface area contributed by atoms with Gasteiger partial charge in [-0.3, -0.25) is 4.68 Å². The molecule has 0 amide bonds. The molecule has 0 unspecified atom stereocenters. The molecule has 0 saturated heterocycles. The van der Waals surface area contributed by atoms with Gasteiger partial charge in [0.05, 0.1) is 13.3 Å². The SMILES string of the molecule is COc1ccc(-c2cnn(C)c2)cc1C. The summed E-state index contributed by atoms with van der Waals surface area (Å²) in [5.41, 5.74) is 3.43. The minimum Gasteiger partial charge on any atom is -0.496 e. The van der Waals surface area contributed by atoms with E-state index in [9.17, 15) is 0 Å². The van der Waals surface area contributed by atoms with E-state index in [2.05, 4.69) is 11.2 Å². The molecule has 0 aliphatic heterocycles. The fourth-order valence-electron chi connectivity index (χ4n) is 1.63. The first-order valence-corrected chi connectivity index (χ1v) is 4.84. The number of aromatic nitrogens is 2. The van der Waals surface area contributed by atoms with Crippen LogP contribution in [-0.2, 0) is 7.05 Å². The standard InChI is InChI=1S/C12H14N2O/c1-9-6-10(4-5-12(9)15-3)11-7-13-14(2)8-11/h4-8H,1-3H3. The van der Waals surface area contributed by atoms with Gasteiger partial charge in [0.25, 0.3) is 0 Å². The summed E-state index contributed by atoms with van der Waals surface area (Å²) in [6, 6.07) is 6.14. The first-order chi connectivity index (χ1) is 7.20. The van der Waals surface area contributed by atoms with Gasteiger partial charge in [-0.2, -0.15) is 5.10 Å². The summed E-state index contributed by atoms with van der Waals surface area (Å²) in [5, 5.41) is 4.15. The largest absolute Gasteiger partial charge is 0.496 e. The van der Waals surface area contributed by atoms with Crippen LogP contribution in [0.1, 0.15) is 5.56 Å². The number of methoxy groups -OCH3 is 1. The van der Waals surface area contributed by atoms with Crippen LogP contribution < -0.4 is 4.74 Å². The second-order valence-corrected chi connectivity index (χ2v) is 3.59. The zero-order chi connectivity index (χ0) is 10.8. The molecular weight excluding hydrogens is 188 g/mol. The molecule has 2 aromatic rings. The summed E-state index contributed by atoms with van der Waals surface area (Å²) in [7, 11) is 3.60. The normalized spacial score (nSPS) is 10.3. The van der Waals surface area contributed by atoms with E-state index in [1.807, 2.05) is 38.5 Å². The van der Waals surface area contributed by atoms with Crippen LogP contribution in [0, 0.1) is 6.92 Å². The van der Waals surface area contributed by atoms with E-state index < -0.39 is 0 Å². The van der Waals surface area contributed by atoms with Crippen molar-refractivity contribution >= 4 is 0 Å². The van der Waals surface area contributed by atoms with Crippen molar-refractivity contribution in [2.24, 2.45) is 7.05 Å². The van der Waals surface area contributed by atoms with Crippen molar-refractivity contribution in [2.75, 3.05) is 7.11 Å². The molecule has 0 saturated carbocycles. The molecule has 78 valence electrons. The minimum atomic E-state index is 0.919. The number of rotatable bonds is 2.